The molecule has 3 rings (SSSR count). The first-order valence-electron chi connectivity index (χ1n) is 9.89. The van der Waals surface area contributed by atoms with Crippen molar-refractivity contribution in [3.63, 3.8) is 0 Å². The van der Waals surface area contributed by atoms with Gasteiger partial charge in [-0.05, 0) is 43.7 Å². The molecule has 10 heteroatoms. The number of hydrogen-bond donors (Lipinski definition) is 1. The molecule has 33 heavy (non-hydrogen) atoms. The molecular weight excluding hydrogens is 448 g/mol. The van der Waals surface area contributed by atoms with Crippen LogP contribution in [0.1, 0.15) is 32.5 Å². The summed E-state index contributed by atoms with van der Waals surface area (Å²) in [6.45, 7) is 3.69. The van der Waals surface area contributed by atoms with Crippen LogP contribution >= 0.6 is 11.3 Å². The van der Waals surface area contributed by atoms with Crippen LogP contribution < -0.4 is 14.8 Å². The highest BCUT2D eigenvalue weighted by atomic mass is 32.1. The van der Waals surface area contributed by atoms with Crippen molar-refractivity contribution in [2.75, 3.05) is 26.1 Å². The SMILES string of the molecule is CCOC(=O)c1c(NC(=O)c2ccc(OC)c([N+](=O)[O-])c2)sc(C)c1-c1ccc(OC)cc1. The average Bonchev–Trinajstić information content (AvgIpc) is 3.14. The van der Waals surface area contributed by atoms with Gasteiger partial charge in [0.05, 0.1) is 25.7 Å². The van der Waals surface area contributed by atoms with Gasteiger partial charge in [0.1, 0.15) is 16.3 Å². The maximum Gasteiger partial charge on any atom is 0.341 e. The molecule has 2 aromatic carbocycles. The molecule has 0 aliphatic carbocycles. The zero-order valence-electron chi connectivity index (χ0n) is 18.5. The van der Waals surface area contributed by atoms with Crippen LogP contribution in [0.4, 0.5) is 10.7 Å². The highest BCUT2D eigenvalue weighted by molar-refractivity contribution is 7.17. The molecule has 3 aromatic rings. The maximum atomic E-state index is 12.9. The Bertz CT molecular complexity index is 1200. The standard InChI is InChI=1S/C23H22N2O7S/c1-5-32-23(27)20-19(14-6-9-16(30-3)10-7-14)13(2)33-22(20)24-21(26)15-8-11-18(31-4)17(12-15)25(28)29/h6-12H,5H2,1-4H3,(H,24,26). The number of nitrogens with one attached hydrogen (secondary N) is 1. The molecule has 1 heterocycles. The summed E-state index contributed by atoms with van der Waals surface area (Å²) in [4.78, 5) is 37.2. The van der Waals surface area contributed by atoms with Gasteiger partial charge in [-0.15, -0.1) is 11.3 Å². The van der Waals surface area contributed by atoms with Gasteiger partial charge in [0.25, 0.3) is 5.91 Å². The molecule has 9 nitrogen and oxygen atoms in total. The molecule has 0 unspecified atom stereocenters. The predicted molar refractivity (Wildman–Crippen MR) is 125 cm³/mol. The largest absolute Gasteiger partial charge is 0.497 e. The summed E-state index contributed by atoms with van der Waals surface area (Å²) >= 11 is 1.22. The molecule has 172 valence electrons. The van der Waals surface area contributed by atoms with Crippen molar-refractivity contribution in [2.24, 2.45) is 0 Å². The summed E-state index contributed by atoms with van der Waals surface area (Å²) in [5.41, 5.74) is 1.33. The fourth-order valence-electron chi connectivity index (χ4n) is 3.29. The van der Waals surface area contributed by atoms with Gasteiger partial charge in [0.2, 0.25) is 0 Å². The van der Waals surface area contributed by atoms with Gasteiger partial charge in [0.15, 0.2) is 5.75 Å². The zero-order chi connectivity index (χ0) is 24.1. The minimum Gasteiger partial charge on any atom is -0.497 e. The number of esters is 1. The second kappa shape index (κ2) is 10.1. The van der Waals surface area contributed by atoms with E-state index in [1.54, 1.807) is 26.2 Å². The number of aryl methyl sites for hydroxylation is 1. The van der Waals surface area contributed by atoms with Crippen molar-refractivity contribution in [1.82, 2.24) is 0 Å². The van der Waals surface area contributed by atoms with Crippen molar-refractivity contribution >= 4 is 33.9 Å². The van der Waals surface area contributed by atoms with Crippen molar-refractivity contribution in [3.05, 3.63) is 68.6 Å². The number of hydrogen-bond acceptors (Lipinski definition) is 8. The number of carbonyl (C=O) groups is 2. The molecular formula is C23H22N2O7S. The number of nitrogens with zero attached hydrogens (tertiary/aromatic N) is 1. The third-order valence-corrected chi connectivity index (χ3v) is 5.83. The molecule has 0 aliphatic heterocycles. The summed E-state index contributed by atoms with van der Waals surface area (Å²) in [6.07, 6.45) is 0. The van der Waals surface area contributed by atoms with E-state index in [4.69, 9.17) is 14.2 Å². The molecule has 0 spiro atoms. The number of ether oxygens (including phenoxy) is 3. The van der Waals surface area contributed by atoms with Gasteiger partial charge in [-0.25, -0.2) is 4.79 Å². The van der Waals surface area contributed by atoms with Crippen LogP contribution in [0.15, 0.2) is 42.5 Å². The van der Waals surface area contributed by atoms with E-state index in [9.17, 15) is 19.7 Å². The molecule has 0 fully saturated rings. The van der Waals surface area contributed by atoms with Gasteiger partial charge in [0, 0.05) is 22.1 Å². The van der Waals surface area contributed by atoms with E-state index in [0.717, 1.165) is 16.5 Å². The number of methoxy groups -OCH3 is 2. The van der Waals surface area contributed by atoms with E-state index in [0.29, 0.717) is 16.3 Å². The second-order valence-corrected chi connectivity index (χ2v) is 8.01. The number of carbonyl (C=O) groups excluding carboxylic acids is 2. The lowest BCUT2D eigenvalue weighted by Crippen LogP contribution is -2.15. The molecule has 0 saturated carbocycles. The smallest absolute Gasteiger partial charge is 0.341 e. The lowest BCUT2D eigenvalue weighted by Gasteiger charge is -2.10. The van der Waals surface area contributed by atoms with Crippen molar-refractivity contribution in [3.8, 4) is 22.6 Å². The number of nitro groups is 1. The van der Waals surface area contributed by atoms with Crippen LogP contribution in [-0.4, -0.2) is 37.6 Å². The maximum absolute atomic E-state index is 12.9. The Morgan fingerprint density at radius 1 is 1.09 bits per heavy atom. The molecule has 1 N–H and O–H groups in total. The third-order valence-electron chi connectivity index (χ3n) is 4.81. The minimum atomic E-state index is -0.628. The van der Waals surface area contributed by atoms with Gasteiger partial charge in [-0.2, -0.15) is 0 Å². The van der Waals surface area contributed by atoms with E-state index in [-0.39, 0.29) is 29.2 Å². The predicted octanol–water partition coefficient (Wildman–Crippen LogP) is 5.08. The quantitative estimate of drug-likeness (QED) is 0.277. The number of amides is 1. The number of anilines is 1. The molecule has 0 saturated heterocycles. The van der Waals surface area contributed by atoms with Crippen LogP contribution in [0.2, 0.25) is 0 Å². The second-order valence-electron chi connectivity index (χ2n) is 6.78. The Kier molecular flexibility index (Phi) is 7.29. The van der Waals surface area contributed by atoms with Crippen LogP contribution in [0.25, 0.3) is 11.1 Å². The first kappa shape index (κ1) is 23.7. The van der Waals surface area contributed by atoms with Crippen LogP contribution in [0, 0.1) is 17.0 Å². The summed E-state index contributed by atoms with van der Waals surface area (Å²) < 4.78 is 15.4. The number of nitro benzene ring substituents is 1. The average molecular weight is 471 g/mol. The molecule has 0 atom stereocenters. The Morgan fingerprint density at radius 3 is 2.36 bits per heavy atom. The van der Waals surface area contributed by atoms with Gasteiger partial charge in [-0.1, -0.05) is 12.1 Å². The molecule has 0 radical (unpaired) electrons. The molecule has 1 amide bonds. The lowest BCUT2D eigenvalue weighted by atomic mass is 10.0. The number of rotatable bonds is 8. The van der Waals surface area contributed by atoms with E-state index in [1.165, 1.54) is 30.6 Å². The Morgan fingerprint density at radius 2 is 1.79 bits per heavy atom. The topological polar surface area (TPSA) is 117 Å². The fourth-order valence-corrected chi connectivity index (χ4v) is 4.34. The van der Waals surface area contributed by atoms with Crippen molar-refractivity contribution < 1.29 is 28.7 Å². The summed E-state index contributed by atoms with van der Waals surface area (Å²) in [7, 11) is 2.87. The van der Waals surface area contributed by atoms with E-state index < -0.39 is 16.8 Å². The molecule has 0 aliphatic rings. The van der Waals surface area contributed by atoms with Crippen LogP contribution in [-0.2, 0) is 4.74 Å². The third kappa shape index (κ3) is 4.96. The highest BCUT2D eigenvalue weighted by Crippen LogP contribution is 2.41. The molecule has 1 aromatic heterocycles. The van der Waals surface area contributed by atoms with Crippen LogP contribution in [0.5, 0.6) is 11.5 Å². The highest BCUT2D eigenvalue weighted by Gasteiger charge is 2.26. The van der Waals surface area contributed by atoms with Crippen LogP contribution in [0.3, 0.4) is 0 Å². The van der Waals surface area contributed by atoms with Gasteiger partial charge < -0.3 is 19.5 Å². The monoisotopic (exact) mass is 470 g/mol. The van der Waals surface area contributed by atoms with E-state index >= 15 is 0 Å². The van der Waals surface area contributed by atoms with Gasteiger partial charge in [-0.3, -0.25) is 14.9 Å². The van der Waals surface area contributed by atoms with Crippen molar-refractivity contribution in [2.45, 2.75) is 13.8 Å². The molecule has 0 bridgehead atoms. The summed E-state index contributed by atoms with van der Waals surface area (Å²) in [5.74, 6) is -0.478. The number of benzene rings is 2. The van der Waals surface area contributed by atoms with E-state index in [2.05, 4.69) is 5.32 Å². The first-order chi connectivity index (χ1) is 15.8. The minimum absolute atomic E-state index is 0.0394. The number of thiophene rings is 1. The first-order valence-corrected chi connectivity index (χ1v) is 10.7. The Hall–Kier alpha value is -3.92. The normalized spacial score (nSPS) is 10.4. The van der Waals surface area contributed by atoms with Gasteiger partial charge >= 0.3 is 11.7 Å². The van der Waals surface area contributed by atoms with E-state index in [1.807, 2.05) is 19.1 Å². The van der Waals surface area contributed by atoms with Crippen molar-refractivity contribution in [1.29, 1.82) is 0 Å². The fraction of sp³-hybridized carbons (Fsp3) is 0.217. The summed E-state index contributed by atoms with van der Waals surface area (Å²) in [6, 6.07) is 11.1. The zero-order valence-corrected chi connectivity index (χ0v) is 19.3. The summed E-state index contributed by atoms with van der Waals surface area (Å²) in [5, 5.41) is 14.3. The Balaban J connectivity index is 2.04. The Labute approximate surface area is 194 Å². The lowest BCUT2D eigenvalue weighted by molar-refractivity contribution is -0.385.